The Morgan fingerprint density at radius 1 is 1.30 bits per heavy atom. The number of aromatic nitrogens is 1. The minimum atomic E-state index is -0.610. The van der Waals surface area contributed by atoms with E-state index in [0.717, 1.165) is 0 Å². The zero-order valence-electron chi connectivity index (χ0n) is 10.8. The predicted molar refractivity (Wildman–Crippen MR) is 77.6 cm³/mol. The average molecular weight is 286 g/mol. The number of halogens is 1. The fourth-order valence-corrected chi connectivity index (χ4v) is 2.04. The Bertz CT molecular complexity index is 652. The molecule has 0 aliphatic carbocycles. The van der Waals surface area contributed by atoms with E-state index in [4.69, 9.17) is 16.9 Å². The van der Waals surface area contributed by atoms with Crippen molar-refractivity contribution in [1.29, 1.82) is 5.26 Å². The van der Waals surface area contributed by atoms with Gasteiger partial charge in [0.1, 0.15) is 11.2 Å². The van der Waals surface area contributed by atoms with Crippen LogP contribution >= 0.6 is 11.6 Å². The Kier molecular flexibility index (Phi) is 4.34. The van der Waals surface area contributed by atoms with Crippen LogP contribution in [0, 0.1) is 11.3 Å². The second kappa shape index (κ2) is 6.18. The number of carbonyl (C=O) groups excluding carboxylic acids is 1. The van der Waals surface area contributed by atoms with Crippen LogP contribution in [0.25, 0.3) is 0 Å². The summed E-state index contributed by atoms with van der Waals surface area (Å²) in [5, 5.41) is 9.27. The average Bonchev–Trinajstić information content (AvgIpc) is 2.48. The van der Waals surface area contributed by atoms with Crippen molar-refractivity contribution in [3.05, 3.63) is 59.4 Å². The number of benzene rings is 1. The lowest BCUT2D eigenvalue weighted by atomic mass is 10.1. The Labute approximate surface area is 122 Å². The van der Waals surface area contributed by atoms with Crippen LogP contribution < -0.4 is 4.90 Å². The van der Waals surface area contributed by atoms with E-state index in [2.05, 4.69) is 11.1 Å². The second-order valence-corrected chi connectivity index (χ2v) is 4.52. The van der Waals surface area contributed by atoms with Crippen LogP contribution in [0.15, 0.2) is 48.7 Å². The van der Waals surface area contributed by atoms with E-state index in [9.17, 15) is 4.79 Å². The van der Waals surface area contributed by atoms with Crippen molar-refractivity contribution >= 4 is 23.2 Å². The number of nitrogens with zero attached hydrogens (tertiary/aromatic N) is 3. The van der Waals surface area contributed by atoms with Crippen LogP contribution in [0.4, 0.5) is 5.69 Å². The van der Waals surface area contributed by atoms with E-state index in [0.29, 0.717) is 5.69 Å². The molecule has 0 fully saturated rings. The van der Waals surface area contributed by atoms with Gasteiger partial charge in [-0.2, -0.15) is 5.26 Å². The molecule has 100 valence electrons. The molecule has 0 N–H and O–H groups in total. The highest BCUT2D eigenvalue weighted by molar-refractivity contribution is 6.33. The molecule has 0 saturated heterocycles. The first-order chi connectivity index (χ1) is 9.65. The number of nitriles is 1. The number of hydrogen-bond acceptors (Lipinski definition) is 3. The maximum Gasteiger partial charge on any atom is 0.262 e. The van der Waals surface area contributed by atoms with E-state index in [-0.39, 0.29) is 16.6 Å². The van der Waals surface area contributed by atoms with Gasteiger partial charge in [0.05, 0.1) is 11.6 Å². The number of para-hydroxylation sites is 1. The maximum absolute atomic E-state index is 12.6. The highest BCUT2D eigenvalue weighted by Crippen LogP contribution is 2.22. The van der Waals surface area contributed by atoms with E-state index in [1.165, 1.54) is 11.1 Å². The van der Waals surface area contributed by atoms with Gasteiger partial charge in [-0.05, 0) is 31.2 Å². The molecule has 1 aromatic carbocycles. The van der Waals surface area contributed by atoms with Crippen LogP contribution in [0.5, 0.6) is 0 Å². The lowest BCUT2D eigenvalue weighted by molar-refractivity contribution is 0.0983. The third-order valence-electron chi connectivity index (χ3n) is 2.82. The normalized spacial score (nSPS) is 11.4. The third kappa shape index (κ3) is 2.79. The monoisotopic (exact) mass is 285 g/mol. The maximum atomic E-state index is 12.6. The molecular formula is C15H12ClN3O. The molecular weight excluding hydrogens is 274 g/mol. The van der Waals surface area contributed by atoms with Crippen LogP contribution in [0.2, 0.25) is 5.15 Å². The summed E-state index contributed by atoms with van der Waals surface area (Å²) in [6.07, 6.45) is 1.51. The zero-order valence-corrected chi connectivity index (χ0v) is 11.6. The topological polar surface area (TPSA) is 57.0 Å². The standard InChI is InChI=1S/C15H12ClN3O/c1-11(10-17)19(12-6-3-2-4-7-12)15(20)13-8-5-9-18-14(13)16/h2-9,11H,1H3. The highest BCUT2D eigenvalue weighted by atomic mass is 35.5. The summed E-state index contributed by atoms with van der Waals surface area (Å²) in [6.45, 7) is 1.66. The number of amides is 1. The lowest BCUT2D eigenvalue weighted by Crippen LogP contribution is -2.38. The lowest BCUT2D eigenvalue weighted by Gasteiger charge is -2.25. The fourth-order valence-electron chi connectivity index (χ4n) is 1.84. The van der Waals surface area contributed by atoms with Gasteiger partial charge in [-0.15, -0.1) is 0 Å². The molecule has 0 aliphatic rings. The Balaban J connectivity index is 2.46. The van der Waals surface area contributed by atoms with Crippen molar-refractivity contribution < 1.29 is 4.79 Å². The molecule has 1 amide bonds. The third-order valence-corrected chi connectivity index (χ3v) is 3.12. The number of rotatable bonds is 3. The van der Waals surface area contributed by atoms with E-state index in [1.54, 1.807) is 31.2 Å². The molecule has 2 rings (SSSR count). The molecule has 0 saturated carbocycles. The summed E-state index contributed by atoms with van der Waals surface area (Å²) in [5.74, 6) is -0.344. The quantitative estimate of drug-likeness (QED) is 0.813. The van der Waals surface area contributed by atoms with Crippen molar-refractivity contribution in [3.63, 3.8) is 0 Å². The molecule has 5 heteroatoms. The van der Waals surface area contributed by atoms with E-state index in [1.807, 2.05) is 18.2 Å². The Hall–Kier alpha value is -2.38. The number of anilines is 1. The predicted octanol–water partition coefficient (Wildman–Crippen LogP) is 3.29. The van der Waals surface area contributed by atoms with Crippen LogP contribution in [0.1, 0.15) is 17.3 Å². The first-order valence-corrected chi connectivity index (χ1v) is 6.41. The van der Waals surface area contributed by atoms with Gasteiger partial charge in [-0.3, -0.25) is 9.69 Å². The van der Waals surface area contributed by atoms with Crippen LogP contribution in [-0.4, -0.2) is 16.9 Å². The molecule has 0 bridgehead atoms. The van der Waals surface area contributed by atoms with E-state index < -0.39 is 6.04 Å². The van der Waals surface area contributed by atoms with Gasteiger partial charge in [0, 0.05) is 11.9 Å². The molecule has 1 heterocycles. The van der Waals surface area contributed by atoms with Crippen molar-refractivity contribution in [1.82, 2.24) is 4.98 Å². The first kappa shape index (κ1) is 14.0. The molecule has 1 atom stereocenters. The summed E-state index contributed by atoms with van der Waals surface area (Å²) in [4.78, 5) is 17.9. The Morgan fingerprint density at radius 3 is 2.60 bits per heavy atom. The van der Waals surface area contributed by atoms with Crippen molar-refractivity contribution in [2.24, 2.45) is 0 Å². The van der Waals surface area contributed by atoms with Gasteiger partial charge < -0.3 is 0 Å². The summed E-state index contributed by atoms with van der Waals surface area (Å²) in [7, 11) is 0. The smallest absolute Gasteiger partial charge is 0.262 e. The minimum absolute atomic E-state index is 0.128. The van der Waals surface area contributed by atoms with Crippen molar-refractivity contribution in [2.45, 2.75) is 13.0 Å². The van der Waals surface area contributed by atoms with Crippen LogP contribution in [0.3, 0.4) is 0 Å². The molecule has 0 aliphatic heterocycles. The van der Waals surface area contributed by atoms with Gasteiger partial charge >= 0.3 is 0 Å². The van der Waals surface area contributed by atoms with Crippen molar-refractivity contribution in [2.75, 3.05) is 4.90 Å². The van der Waals surface area contributed by atoms with Gasteiger partial charge in [0.2, 0.25) is 0 Å². The molecule has 0 radical (unpaired) electrons. The molecule has 20 heavy (non-hydrogen) atoms. The highest BCUT2D eigenvalue weighted by Gasteiger charge is 2.24. The van der Waals surface area contributed by atoms with Crippen molar-refractivity contribution in [3.8, 4) is 6.07 Å². The zero-order chi connectivity index (χ0) is 14.5. The van der Waals surface area contributed by atoms with Gasteiger partial charge in [-0.25, -0.2) is 4.98 Å². The summed E-state index contributed by atoms with van der Waals surface area (Å²) in [6, 6.07) is 13.7. The minimum Gasteiger partial charge on any atom is -0.292 e. The largest absolute Gasteiger partial charge is 0.292 e. The molecule has 1 aromatic heterocycles. The summed E-state index contributed by atoms with van der Waals surface area (Å²) >= 11 is 5.96. The van der Waals surface area contributed by atoms with Gasteiger partial charge in [-0.1, -0.05) is 29.8 Å². The van der Waals surface area contributed by atoms with E-state index >= 15 is 0 Å². The molecule has 4 nitrogen and oxygen atoms in total. The summed E-state index contributed by atoms with van der Waals surface area (Å²) in [5.41, 5.74) is 0.923. The number of hydrogen-bond donors (Lipinski definition) is 0. The SMILES string of the molecule is CC(C#N)N(C(=O)c1cccnc1Cl)c1ccccc1. The van der Waals surface area contributed by atoms with Gasteiger partial charge in [0.15, 0.2) is 0 Å². The Morgan fingerprint density at radius 2 is 2.00 bits per heavy atom. The molecule has 0 spiro atoms. The molecule has 2 aromatic rings. The summed E-state index contributed by atoms with van der Waals surface area (Å²) < 4.78 is 0. The molecule has 1 unspecified atom stereocenters. The number of pyridine rings is 1. The number of carbonyl (C=O) groups is 1. The van der Waals surface area contributed by atoms with Crippen LogP contribution in [-0.2, 0) is 0 Å². The fraction of sp³-hybridized carbons (Fsp3) is 0.133. The first-order valence-electron chi connectivity index (χ1n) is 6.04. The second-order valence-electron chi connectivity index (χ2n) is 4.16. The van der Waals surface area contributed by atoms with Gasteiger partial charge in [0.25, 0.3) is 5.91 Å².